The zero-order chi connectivity index (χ0) is 28.7. The average Bonchev–Trinajstić information content (AvgIpc) is 2.90. The molecule has 0 aliphatic heterocycles. The molecule has 0 spiro atoms. The molecule has 12 nitrogen and oxygen atoms in total. The Hall–Kier alpha value is -4.74. The van der Waals surface area contributed by atoms with Gasteiger partial charge in [0.25, 0.3) is 5.56 Å². The van der Waals surface area contributed by atoms with Gasteiger partial charge in [0.1, 0.15) is 18.1 Å². The van der Waals surface area contributed by atoms with Crippen LogP contribution in [0.5, 0.6) is 0 Å². The molecule has 2 aromatic carbocycles. The van der Waals surface area contributed by atoms with Crippen molar-refractivity contribution in [2.75, 3.05) is 0 Å². The second-order valence-corrected chi connectivity index (χ2v) is 9.30. The highest BCUT2D eigenvalue weighted by Crippen LogP contribution is 2.15. The number of primary amides is 1. The van der Waals surface area contributed by atoms with E-state index in [0.717, 1.165) is 4.57 Å². The number of H-pyrrole nitrogens is 1. The molecule has 6 N–H and O–H groups in total. The zero-order valence-corrected chi connectivity index (χ0v) is 21.5. The maximum Gasteiger partial charge on any atom is 0.329 e. The minimum Gasteiger partial charge on any atom is -0.480 e. The van der Waals surface area contributed by atoms with Gasteiger partial charge in [-0.25, -0.2) is 14.2 Å². The van der Waals surface area contributed by atoms with Crippen LogP contribution in [0, 0.1) is 5.92 Å². The molecule has 1 heterocycles. The number of nitrogens with one attached hydrogen (secondary N) is 3. The Labute approximate surface area is 223 Å². The van der Waals surface area contributed by atoms with E-state index >= 15 is 0 Å². The molecule has 4 atom stereocenters. The van der Waals surface area contributed by atoms with Gasteiger partial charge in [0.2, 0.25) is 17.7 Å². The van der Waals surface area contributed by atoms with Crippen LogP contribution in [0.1, 0.15) is 38.3 Å². The van der Waals surface area contributed by atoms with Crippen LogP contribution < -0.4 is 27.6 Å². The number of para-hydroxylation sites is 1. The summed E-state index contributed by atoms with van der Waals surface area (Å²) in [4.78, 5) is 79.1. The number of aliphatic carboxylic acids is 1. The summed E-state index contributed by atoms with van der Waals surface area (Å²) in [7, 11) is 0. The predicted octanol–water partition coefficient (Wildman–Crippen LogP) is 0.449. The van der Waals surface area contributed by atoms with E-state index in [4.69, 9.17) is 5.73 Å². The average molecular weight is 538 g/mol. The van der Waals surface area contributed by atoms with Gasteiger partial charge in [-0.1, -0.05) is 62.7 Å². The SMILES string of the molecule is CCC(C)[C@H](NC(=O)[C@H](CC(N)=O)NC(=O)[C@H](Cc1ccccc1)n1c(=O)[nH]c2ccccc2c1=O)C(=O)O. The van der Waals surface area contributed by atoms with E-state index < -0.39 is 65.4 Å². The molecule has 3 rings (SSSR count). The second-order valence-electron chi connectivity index (χ2n) is 9.30. The third-order valence-corrected chi connectivity index (χ3v) is 6.54. The van der Waals surface area contributed by atoms with E-state index in [0.29, 0.717) is 17.5 Å². The Morgan fingerprint density at radius 1 is 0.974 bits per heavy atom. The molecule has 1 unspecified atom stereocenters. The van der Waals surface area contributed by atoms with Crippen LogP contribution in [0.2, 0.25) is 0 Å². The second kappa shape index (κ2) is 12.7. The van der Waals surface area contributed by atoms with E-state index in [1.165, 1.54) is 6.07 Å². The van der Waals surface area contributed by atoms with Gasteiger partial charge < -0.3 is 26.5 Å². The number of aromatic nitrogens is 2. The molecule has 12 heteroatoms. The molecule has 0 fully saturated rings. The van der Waals surface area contributed by atoms with Crippen LogP contribution >= 0.6 is 0 Å². The monoisotopic (exact) mass is 537 g/mol. The molecular weight excluding hydrogens is 506 g/mol. The molecule has 1 aromatic heterocycles. The smallest absolute Gasteiger partial charge is 0.329 e. The highest BCUT2D eigenvalue weighted by Gasteiger charge is 2.33. The number of nitrogens with zero attached hydrogens (tertiary/aromatic N) is 1. The number of aromatic amines is 1. The molecule has 0 aliphatic carbocycles. The third-order valence-electron chi connectivity index (χ3n) is 6.54. The van der Waals surface area contributed by atoms with Gasteiger partial charge in [0.15, 0.2) is 0 Å². The number of rotatable bonds is 12. The summed E-state index contributed by atoms with van der Waals surface area (Å²) in [6.07, 6.45) is -0.286. The summed E-state index contributed by atoms with van der Waals surface area (Å²) in [5.74, 6) is -4.49. The first-order valence-corrected chi connectivity index (χ1v) is 12.4. The fourth-order valence-electron chi connectivity index (χ4n) is 4.21. The first-order valence-electron chi connectivity index (χ1n) is 12.4. The van der Waals surface area contributed by atoms with Crippen molar-refractivity contribution in [3.05, 3.63) is 81.0 Å². The van der Waals surface area contributed by atoms with Crippen molar-refractivity contribution in [3.8, 4) is 0 Å². The largest absolute Gasteiger partial charge is 0.480 e. The number of fused-ring (bicyclic) bond motifs is 1. The van der Waals surface area contributed by atoms with E-state index in [9.17, 15) is 33.9 Å². The lowest BCUT2D eigenvalue weighted by Gasteiger charge is -2.26. The molecule has 3 aromatic rings. The van der Waals surface area contributed by atoms with Gasteiger partial charge in [-0.15, -0.1) is 0 Å². The topological polar surface area (TPSA) is 193 Å². The Morgan fingerprint density at radius 2 is 1.62 bits per heavy atom. The normalized spacial score (nSPS) is 14.1. The molecule has 0 saturated heterocycles. The highest BCUT2D eigenvalue weighted by atomic mass is 16.4. The lowest BCUT2D eigenvalue weighted by molar-refractivity contribution is -0.144. The van der Waals surface area contributed by atoms with Crippen molar-refractivity contribution >= 4 is 34.6 Å². The Kier molecular flexibility index (Phi) is 9.37. The number of amides is 3. The number of hydrogen-bond acceptors (Lipinski definition) is 6. The molecule has 0 bridgehead atoms. The molecule has 3 amide bonds. The van der Waals surface area contributed by atoms with Crippen LogP contribution in [-0.2, 0) is 25.6 Å². The minimum atomic E-state index is -1.55. The summed E-state index contributed by atoms with van der Waals surface area (Å²) in [6.45, 7) is 3.39. The number of carbonyl (C=O) groups is 4. The van der Waals surface area contributed by atoms with Crippen LogP contribution in [-0.4, -0.2) is 50.4 Å². The third kappa shape index (κ3) is 6.98. The van der Waals surface area contributed by atoms with Gasteiger partial charge in [0, 0.05) is 6.42 Å². The van der Waals surface area contributed by atoms with Crippen molar-refractivity contribution in [1.29, 1.82) is 0 Å². The fraction of sp³-hybridized carbons (Fsp3) is 0.333. The summed E-state index contributed by atoms with van der Waals surface area (Å²) < 4.78 is 0.767. The number of carboxylic acids is 1. The maximum absolute atomic E-state index is 13.6. The van der Waals surface area contributed by atoms with E-state index in [1.807, 2.05) is 0 Å². The fourth-order valence-corrected chi connectivity index (χ4v) is 4.21. The lowest BCUT2D eigenvalue weighted by Crippen LogP contribution is -2.56. The van der Waals surface area contributed by atoms with Gasteiger partial charge in [-0.2, -0.15) is 0 Å². The van der Waals surface area contributed by atoms with Crippen LogP contribution in [0.4, 0.5) is 0 Å². The molecule has 39 heavy (non-hydrogen) atoms. The van der Waals surface area contributed by atoms with Crippen molar-refractivity contribution in [2.45, 2.75) is 51.2 Å². The van der Waals surface area contributed by atoms with Crippen molar-refractivity contribution in [3.63, 3.8) is 0 Å². The number of nitrogens with two attached hydrogens (primary N) is 1. The summed E-state index contributed by atoms with van der Waals surface area (Å²) in [5.41, 5.74) is 4.66. The maximum atomic E-state index is 13.6. The van der Waals surface area contributed by atoms with Crippen molar-refractivity contribution in [1.82, 2.24) is 20.2 Å². The van der Waals surface area contributed by atoms with Gasteiger partial charge in [-0.3, -0.25) is 19.2 Å². The number of hydrogen-bond donors (Lipinski definition) is 5. The van der Waals surface area contributed by atoms with Crippen LogP contribution in [0.15, 0.2) is 64.2 Å². The van der Waals surface area contributed by atoms with E-state index in [1.54, 1.807) is 62.4 Å². The van der Waals surface area contributed by atoms with Gasteiger partial charge in [0.05, 0.1) is 17.3 Å². The first kappa shape index (κ1) is 28.8. The molecule has 206 valence electrons. The quantitative estimate of drug-likeness (QED) is 0.221. The van der Waals surface area contributed by atoms with E-state index in [2.05, 4.69) is 15.6 Å². The van der Waals surface area contributed by atoms with Crippen LogP contribution in [0.25, 0.3) is 10.9 Å². The Balaban J connectivity index is 2.02. The standard InChI is InChI=1S/C27H31N5O7/c1-3-15(2)22(26(37)38)31-23(34)19(14-21(28)33)29-24(35)20(13-16-9-5-4-6-10-16)32-25(36)17-11-7-8-12-18(17)30-27(32)39/h4-12,15,19-20,22H,3,13-14H2,1-2H3,(H2,28,33)(H,29,35)(H,30,39)(H,31,34)(H,37,38)/t15?,19-,20-,22-/m0/s1. The first-order chi connectivity index (χ1) is 18.5. The zero-order valence-electron chi connectivity index (χ0n) is 21.5. The Bertz CT molecular complexity index is 1480. The number of carbonyl (C=O) groups excluding carboxylic acids is 3. The van der Waals surface area contributed by atoms with Crippen molar-refractivity contribution < 1.29 is 24.3 Å². The number of carboxylic acid groups (broad SMARTS) is 1. The van der Waals surface area contributed by atoms with Gasteiger partial charge >= 0.3 is 11.7 Å². The predicted molar refractivity (Wildman–Crippen MR) is 143 cm³/mol. The molecule has 0 saturated carbocycles. The summed E-state index contributed by atoms with van der Waals surface area (Å²) >= 11 is 0. The summed E-state index contributed by atoms with van der Waals surface area (Å²) in [5, 5.41) is 14.5. The van der Waals surface area contributed by atoms with E-state index in [-0.39, 0.29) is 11.8 Å². The van der Waals surface area contributed by atoms with Crippen molar-refractivity contribution in [2.24, 2.45) is 11.7 Å². The molecule has 0 radical (unpaired) electrons. The molecular formula is C27H31N5O7. The lowest BCUT2D eigenvalue weighted by atomic mass is 9.98. The summed E-state index contributed by atoms with van der Waals surface area (Å²) in [6, 6.07) is 10.7. The minimum absolute atomic E-state index is 0.0937. The van der Waals surface area contributed by atoms with Gasteiger partial charge in [-0.05, 0) is 23.6 Å². The Morgan fingerprint density at radius 3 is 2.23 bits per heavy atom. The van der Waals surface area contributed by atoms with Crippen LogP contribution in [0.3, 0.4) is 0 Å². The highest BCUT2D eigenvalue weighted by molar-refractivity contribution is 5.94. The molecule has 0 aliphatic rings. The number of benzene rings is 2.